The van der Waals surface area contributed by atoms with Crippen molar-refractivity contribution >= 4 is 94.9 Å². The predicted molar refractivity (Wildman–Crippen MR) is 259 cm³/mol. The van der Waals surface area contributed by atoms with Crippen molar-refractivity contribution in [2.24, 2.45) is 0 Å². The number of carboxylic acids is 1. The fraction of sp³-hybridized carbons (Fsp3) is 0.176. The van der Waals surface area contributed by atoms with Crippen LogP contribution in [-0.4, -0.2) is 82.1 Å². The van der Waals surface area contributed by atoms with Crippen molar-refractivity contribution in [3.05, 3.63) is 164 Å². The van der Waals surface area contributed by atoms with Gasteiger partial charge in [-0.05, 0) is 42.0 Å². The molecule has 10 aromatic rings. The zero-order chi connectivity index (χ0) is 48.1. The Bertz CT molecular complexity index is 3660. The molecule has 0 radical (unpaired) electrons. The number of aromatic amines is 1. The second-order valence-electron chi connectivity index (χ2n) is 15.3. The monoisotopic (exact) mass is 927 g/mol. The van der Waals surface area contributed by atoms with E-state index < -0.39 is 17.9 Å². The van der Waals surface area contributed by atoms with Crippen LogP contribution in [0.3, 0.4) is 0 Å². The summed E-state index contributed by atoms with van der Waals surface area (Å²) in [5.41, 5.74) is 6.34. The van der Waals surface area contributed by atoms with Crippen LogP contribution in [0.5, 0.6) is 0 Å². The van der Waals surface area contributed by atoms with E-state index in [4.69, 9.17) is 26.3 Å². The number of methoxy groups -OCH3 is 2. The van der Waals surface area contributed by atoms with Gasteiger partial charge in [0.2, 0.25) is 0 Å². The molecule has 0 aliphatic carbocycles. The molecule has 0 atom stereocenters. The van der Waals surface area contributed by atoms with Gasteiger partial charge in [0.25, 0.3) is 5.56 Å². The van der Waals surface area contributed by atoms with Gasteiger partial charge in [0.1, 0.15) is 28.5 Å². The number of hydrogen-bond donors (Lipinski definition) is 2. The van der Waals surface area contributed by atoms with Crippen LogP contribution in [0.1, 0.15) is 80.6 Å². The third kappa shape index (κ3) is 9.48. The van der Waals surface area contributed by atoms with Gasteiger partial charge in [-0.2, -0.15) is 0 Å². The number of ether oxygens (including phenoxy) is 2. The number of aryl methyl sites for hydroxylation is 3. The number of rotatable bonds is 8. The molecule has 17 heteroatoms. The minimum atomic E-state index is -0.962. The van der Waals surface area contributed by atoms with Crippen LogP contribution in [0.2, 0.25) is 5.15 Å². The number of fused-ring (bicyclic) bond motifs is 9. The quantitative estimate of drug-likeness (QED) is 0.0823. The van der Waals surface area contributed by atoms with Crippen molar-refractivity contribution in [1.29, 1.82) is 0 Å². The first-order valence-electron chi connectivity index (χ1n) is 21.5. The van der Waals surface area contributed by atoms with Gasteiger partial charge in [-0.15, -0.1) is 0 Å². The number of carbonyl (C=O) groups excluding carboxylic acids is 2. The van der Waals surface area contributed by atoms with Crippen LogP contribution in [0, 0.1) is 0 Å². The number of esters is 2. The highest BCUT2D eigenvalue weighted by molar-refractivity contribution is 6.35. The van der Waals surface area contributed by atoms with Crippen molar-refractivity contribution in [1.82, 2.24) is 44.9 Å². The zero-order valence-corrected chi connectivity index (χ0v) is 38.3. The SMILES string of the molecule is CCc1ncc2c(n1)c(=O)[nH]c1cc(C(=O)OC)ccc12.CCc1ncc2c(n1)c(Cc1ccccc1)nc1cc(C(=O)O)ccc12.CCc1ncc2c(n1)c(Cl)nc1cc(C(=O)OC)ccc12. The number of nitrogens with zero attached hydrogens (tertiary/aromatic N) is 8. The van der Waals surface area contributed by atoms with E-state index in [1.54, 1.807) is 60.9 Å². The number of H-pyrrole nitrogens is 1. The number of halogens is 1. The van der Waals surface area contributed by atoms with Gasteiger partial charge in [0, 0.05) is 82.1 Å². The van der Waals surface area contributed by atoms with Crippen LogP contribution >= 0.6 is 11.6 Å². The van der Waals surface area contributed by atoms with Gasteiger partial charge >= 0.3 is 17.9 Å². The molecule has 0 saturated heterocycles. The molecule has 6 aromatic heterocycles. The maximum atomic E-state index is 12.1. The number of aromatic carboxylic acids is 1. The van der Waals surface area contributed by atoms with Crippen molar-refractivity contribution < 1.29 is 29.0 Å². The molecule has 0 aliphatic rings. The molecule has 0 spiro atoms. The molecule has 4 aromatic carbocycles. The Morgan fingerprint density at radius 3 is 1.63 bits per heavy atom. The maximum absolute atomic E-state index is 12.1. The minimum Gasteiger partial charge on any atom is -0.478 e. The first-order valence-corrected chi connectivity index (χ1v) is 21.9. The van der Waals surface area contributed by atoms with Gasteiger partial charge in [0.05, 0.1) is 53.2 Å². The number of aromatic nitrogens is 9. The van der Waals surface area contributed by atoms with E-state index in [2.05, 4.69) is 39.6 Å². The van der Waals surface area contributed by atoms with E-state index in [1.807, 2.05) is 63.4 Å². The fourth-order valence-electron chi connectivity index (χ4n) is 7.57. The Labute approximate surface area is 392 Å². The molecule has 0 fully saturated rings. The Kier molecular flexibility index (Phi) is 13.6. The lowest BCUT2D eigenvalue weighted by molar-refractivity contribution is 0.0592. The lowest BCUT2D eigenvalue weighted by atomic mass is 10.0. The second kappa shape index (κ2) is 20.0. The van der Waals surface area contributed by atoms with Gasteiger partial charge in [-0.25, -0.2) is 49.3 Å². The van der Waals surface area contributed by atoms with Crippen molar-refractivity contribution in [2.45, 2.75) is 46.5 Å². The average molecular weight is 928 g/mol. The summed E-state index contributed by atoms with van der Waals surface area (Å²) >= 11 is 6.21. The van der Waals surface area contributed by atoms with Gasteiger partial charge in [-0.3, -0.25) is 9.78 Å². The largest absolute Gasteiger partial charge is 0.478 e. The third-order valence-electron chi connectivity index (χ3n) is 11.1. The highest BCUT2D eigenvalue weighted by Crippen LogP contribution is 2.30. The smallest absolute Gasteiger partial charge is 0.337 e. The average Bonchev–Trinajstić information content (AvgIpc) is 3.38. The van der Waals surface area contributed by atoms with Crippen molar-refractivity contribution in [3.8, 4) is 0 Å². The summed E-state index contributed by atoms with van der Waals surface area (Å²) < 4.78 is 9.39. The van der Waals surface area contributed by atoms with E-state index in [0.29, 0.717) is 67.9 Å². The summed E-state index contributed by atoms with van der Waals surface area (Å²) in [5.74, 6) is 0.296. The van der Waals surface area contributed by atoms with E-state index in [1.165, 1.54) is 14.2 Å². The predicted octanol–water partition coefficient (Wildman–Crippen LogP) is 9.03. The van der Waals surface area contributed by atoms with Crippen LogP contribution < -0.4 is 5.56 Å². The summed E-state index contributed by atoms with van der Waals surface area (Å²) in [7, 11) is 2.66. The van der Waals surface area contributed by atoms with E-state index in [0.717, 1.165) is 68.2 Å². The van der Waals surface area contributed by atoms with Crippen LogP contribution in [0.4, 0.5) is 0 Å². The Balaban J connectivity index is 0.000000139. The van der Waals surface area contributed by atoms with Crippen LogP contribution in [0.15, 0.2) is 108 Å². The number of pyridine rings is 3. The fourth-order valence-corrected chi connectivity index (χ4v) is 7.80. The van der Waals surface area contributed by atoms with Crippen LogP contribution in [-0.2, 0) is 35.2 Å². The zero-order valence-electron chi connectivity index (χ0n) is 37.5. The minimum absolute atomic E-state index is 0.223. The molecule has 0 unspecified atom stereocenters. The van der Waals surface area contributed by atoms with E-state index in [-0.39, 0.29) is 11.1 Å². The molecule has 340 valence electrons. The lowest BCUT2D eigenvalue weighted by Crippen LogP contribution is -2.11. The van der Waals surface area contributed by atoms with Crippen LogP contribution in [0.25, 0.3) is 65.4 Å². The number of hydrogen-bond acceptors (Lipinski definition) is 14. The van der Waals surface area contributed by atoms with Crippen molar-refractivity contribution in [3.63, 3.8) is 0 Å². The van der Waals surface area contributed by atoms with Gasteiger partial charge < -0.3 is 19.6 Å². The number of nitrogens with one attached hydrogen (secondary N) is 1. The summed E-state index contributed by atoms with van der Waals surface area (Å²) in [6.07, 6.45) is 7.98. The molecule has 16 nitrogen and oxygen atoms in total. The third-order valence-corrected chi connectivity index (χ3v) is 11.3. The van der Waals surface area contributed by atoms with E-state index >= 15 is 0 Å². The summed E-state index contributed by atoms with van der Waals surface area (Å²) in [5, 5.41) is 14.5. The standard InChI is InChI=1S/C21H17N3O2.C15H12ClN3O2.C15H13N3O3/c1-2-19-22-12-16-15-9-8-14(21(25)26)11-17(15)23-18(20(16)24-19)10-13-6-4-3-5-7-13;1-3-12-17-7-10-9-5-4-8(15(20)21-2)6-11(9)18-14(16)13(10)19-12;1-3-12-16-7-10-9-5-4-8(15(20)21-2)6-11(9)17-14(19)13(10)18-12/h3-9,11-12H,2,10H2,1H3,(H,25,26);4-7H,3H2,1-2H3;4-7H,3H2,1-2H3,(H,17,19). The molecule has 68 heavy (non-hydrogen) atoms. The molecular weight excluding hydrogens is 886 g/mol. The Hall–Kier alpha value is -8.37. The summed E-state index contributed by atoms with van der Waals surface area (Å²) in [4.78, 5) is 84.8. The molecule has 0 bridgehead atoms. The molecule has 0 aliphatic heterocycles. The number of benzene rings is 4. The lowest BCUT2D eigenvalue weighted by Gasteiger charge is -2.10. The number of carbonyl (C=O) groups is 3. The second-order valence-corrected chi connectivity index (χ2v) is 15.7. The normalized spacial score (nSPS) is 11.0. The van der Waals surface area contributed by atoms with Gasteiger partial charge in [0.15, 0.2) is 5.15 Å². The first-order chi connectivity index (χ1) is 32.9. The maximum Gasteiger partial charge on any atom is 0.337 e. The van der Waals surface area contributed by atoms with Gasteiger partial charge in [-0.1, -0.05) is 80.9 Å². The molecule has 2 N–H and O–H groups in total. The van der Waals surface area contributed by atoms with E-state index in [9.17, 15) is 24.3 Å². The topological polar surface area (TPSA) is 226 Å². The molecule has 6 heterocycles. The molecule has 0 amide bonds. The van der Waals surface area contributed by atoms with Crippen molar-refractivity contribution in [2.75, 3.05) is 14.2 Å². The highest BCUT2D eigenvalue weighted by atomic mass is 35.5. The Morgan fingerprint density at radius 2 is 1.06 bits per heavy atom. The molecule has 10 rings (SSSR count). The highest BCUT2D eigenvalue weighted by Gasteiger charge is 2.16. The number of carboxylic acid groups (broad SMARTS) is 1. The Morgan fingerprint density at radius 1 is 0.574 bits per heavy atom. The molecule has 0 saturated carbocycles. The first kappa shape index (κ1) is 46.2. The summed E-state index contributed by atoms with van der Waals surface area (Å²) in [6.45, 7) is 5.93. The molecular formula is C51H42ClN9O7. The summed E-state index contributed by atoms with van der Waals surface area (Å²) in [6, 6.07) is 25.2.